The Balaban J connectivity index is 2.49. The second-order valence-corrected chi connectivity index (χ2v) is 3.27. The van der Waals surface area contributed by atoms with E-state index in [-0.39, 0.29) is 19.6 Å². The van der Waals surface area contributed by atoms with Crippen LogP contribution < -0.4 is 0 Å². The van der Waals surface area contributed by atoms with E-state index in [1.165, 1.54) is 0 Å². The van der Waals surface area contributed by atoms with Crippen molar-refractivity contribution in [2.75, 3.05) is 13.2 Å². The van der Waals surface area contributed by atoms with E-state index >= 15 is 0 Å². The molecule has 1 aliphatic heterocycles. The van der Waals surface area contributed by atoms with Gasteiger partial charge in [0.1, 0.15) is 0 Å². The fraction of sp³-hybridized carbons (Fsp3) is 0.667. The molecule has 0 radical (unpaired) electrons. The van der Waals surface area contributed by atoms with E-state index in [2.05, 4.69) is 0 Å². The minimum atomic E-state index is -1.26. The molecular weight excluding hydrogens is 202 g/mol. The Labute approximate surface area is 86.8 Å². The van der Waals surface area contributed by atoms with Crippen molar-refractivity contribution < 1.29 is 24.2 Å². The maximum absolute atomic E-state index is 11.4. The van der Waals surface area contributed by atoms with E-state index in [1.807, 2.05) is 0 Å². The Hall–Kier alpha value is -1.59. The van der Waals surface area contributed by atoms with Gasteiger partial charge in [-0.3, -0.25) is 9.59 Å². The SMILES string of the molecule is CCOC(=O)CC1CCN(C(=O)O)C1=O. The van der Waals surface area contributed by atoms with Crippen LogP contribution in [0.25, 0.3) is 0 Å². The van der Waals surface area contributed by atoms with Crippen LogP contribution in [0.2, 0.25) is 0 Å². The van der Waals surface area contributed by atoms with Crippen LogP contribution in [0, 0.1) is 5.92 Å². The molecule has 0 aliphatic carbocycles. The molecule has 1 fully saturated rings. The van der Waals surface area contributed by atoms with Crippen molar-refractivity contribution in [2.45, 2.75) is 19.8 Å². The lowest BCUT2D eigenvalue weighted by atomic mass is 10.0. The maximum atomic E-state index is 11.4. The summed E-state index contributed by atoms with van der Waals surface area (Å²) in [5, 5.41) is 8.63. The zero-order valence-electron chi connectivity index (χ0n) is 8.43. The van der Waals surface area contributed by atoms with Crippen LogP contribution >= 0.6 is 0 Å². The molecule has 0 saturated carbocycles. The van der Waals surface area contributed by atoms with Crippen LogP contribution in [0.15, 0.2) is 0 Å². The Kier molecular flexibility index (Phi) is 3.65. The summed E-state index contributed by atoms with van der Waals surface area (Å²) in [6.07, 6.45) is -0.896. The fourth-order valence-electron chi connectivity index (χ4n) is 1.54. The Bertz CT molecular complexity index is 288. The molecule has 1 heterocycles. The zero-order chi connectivity index (χ0) is 11.4. The highest BCUT2D eigenvalue weighted by Gasteiger charge is 2.36. The van der Waals surface area contributed by atoms with Crippen molar-refractivity contribution in [3.05, 3.63) is 0 Å². The monoisotopic (exact) mass is 215 g/mol. The number of hydrogen-bond donors (Lipinski definition) is 1. The second-order valence-electron chi connectivity index (χ2n) is 3.27. The minimum Gasteiger partial charge on any atom is -0.466 e. The molecule has 1 N–H and O–H groups in total. The van der Waals surface area contributed by atoms with Gasteiger partial charge in [0, 0.05) is 6.54 Å². The molecule has 0 aromatic heterocycles. The third-order valence-corrected chi connectivity index (χ3v) is 2.27. The van der Waals surface area contributed by atoms with Gasteiger partial charge in [0.25, 0.3) is 0 Å². The number of rotatable bonds is 3. The smallest absolute Gasteiger partial charge is 0.414 e. The van der Waals surface area contributed by atoms with Crippen LogP contribution in [0.4, 0.5) is 4.79 Å². The molecule has 84 valence electrons. The number of hydrogen-bond acceptors (Lipinski definition) is 4. The molecule has 0 aromatic rings. The van der Waals surface area contributed by atoms with Gasteiger partial charge in [-0.1, -0.05) is 0 Å². The van der Waals surface area contributed by atoms with Gasteiger partial charge in [-0.25, -0.2) is 9.69 Å². The van der Waals surface area contributed by atoms with Gasteiger partial charge in [-0.15, -0.1) is 0 Å². The number of likely N-dealkylation sites (tertiary alicyclic amines) is 1. The van der Waals surface area contributed by atoms with Crippen LogP contribution in [0.1, 0.15) is 19.8 Å². The summed E-state index contributed by atoms with van der Waals surface area (Å²) in [6.45, 7) is 2.11. The highest BCUT2D eigenvalue weighted by molar-refractivity contribution is 5.95. The molecule has 0 bridgehead atoms. The molecule has 1 saturated heterocycles. The summed E-state index contributed by atoms with van der Waals surface area (Å²) >= 11 is 0. The number of esters is 1. The van der Waals surface area contributed by atoms with Gasteiger partial charge in [-0.2, -0.15) is 0 Å². The maximum Gasteiger partial charge on any atom is 0.414 e. The predicted molar refractivity (Wildman–Crippen MR) is 49.1 cm³/mol. The van der Waals surface area contributed by atoms with E-state index in [0.29, 0.717) is 6.42 Å². The quantitative estimate of drug-likeness (QED) is 0.691. The molecule has 6 nitrogen and oxygen atoms in total. The Morgan fingerprint density at radius 1 is 1.60 bits per heavy atom. The minimum absolute atomic E-state index is 0.0313. The van der Waals surface area contributed by atoms with Gasteiger partial charge in [0.15, 0.2) is 0 Å². The zero-order valence-corrected chi connectivity index (χ0v) is 8.43. The molecule has 2 amide bonds. The molecule has 1 rings (SSSR count). The standard InChI is InChI=1S/C9H13NO5/c1-2-15-7(11)5-6-3-4-10(8(6)12)9(13)14/h6H,2-5H2,1H3,(H,13,14). The first-order valence-electron chi connectivity index (χ1n) is 4.76. The molecule has 1 atom stereocenters. The van der Waals surface area contributed by atoms with Crippen LogP contribution in [-0.2, 0) is 14.3 Å². The van der Waals surface area contributed by atoms with Crippen LogP contribution in [0.5, 0.6) is 0 Å². The summed E-state index contributed by atoms with van der Waals surface area (Å²) in [7, 11) is 0. The summed E-state index contributed by atoms with van der Waals surface area (Å²) in [5.41, 5.74) is 0. The Morgan fingerprint density at radius 3 is 2.73 bits per heavy atom. The second kappa shape index (κ2) is 4.77. The molecule has 6 heteroatoms. The van der Waals surface area contributed by atoms with E-state index in [1.54, 1.807) is 6.92 Å². The van der Waals surface area contributed by atoms with E-state index in [9.17, 15) is 14.4 Å². The molecule has 0 aromatic carbocycles. The number of imide groups is 1. The number of carboxylic acid groups (broad SMARTS) is 1. The highest BCUT2D eigenvalue weighted by atomic mass is 16.5. The van der Waals surface area contributed by atoms with E-state index < -0.39 is 23.9 Å². The van der Waals surface area contributed by atoms with Gasteiger partial charge in [0.2, 0.25) is 5.91 Å². The van der Waals surface area contributed by atoms with E-state index in [0.717, 1.165) is 4.90 Å². The van der Waals surface area contributed by atoms with Crippen LogP contribution in [-0.4, -0.2) is 41.1 Å². The van der Waals surface area contributed by atoms with Gasteiger partial charge < -0.3 is 9.84 Å². The largest absolute Gasteiger partial charge is 0.466 e. The Morgan fingerprint density at radius 2 is 2.27 bits per heavy atom. The number of carbonyl (C=O) groups excluding carboxylic acids is 2. The van der Waals surface area contributed by atoms with Gasteiger partial charge >= 0.3 is 12.1 Å². The highest BCUT2D eigenvalue weighted by Crippen LogP contribution is 2.21. The summed E-state index contributed by atoms with van der Waals surface area (Å²) in [6, 6.07) is 0. The first-order valence-corrected chi connectivity index (χ1v) is 4.76. The molecular formula is C9H13NO5. The van der Waals surface area contributed by atoms with Crippen molar-refractivity contribution in [3.63, 3.8) is 0 Å². The van der Waals surface area contributed by atoms with Gasteiger partial charge in [0.05, 0.1) is 18.9 Å². The van der Waals surface area contributed by atoms with Crippen molar-refractivity contribution in [1.82, 2.24) is 4.90 Å². The van der Waals surface area contributed by atoms with Crippen molar-refractivity contribution >= 4 is 18.0 Å². The summed E-state index contributed by atoms with van der Waals surface area (Å²) < 4.78 is 4.69. The lowest BCUT2D eigenvalue weighted by molar-refractivity contribution is -0.146. The van der Waals surface area contributed by atoms with Crippen molar-refractivity contribution in [2.24, 2.45) is 5.92 Å². The summed E-state index contributed by atoms with van der Waals surface area (Å²) in [4.78, 5) is 33.8. The lowest BCUT2D eigenvalue weighted by Gasteiger charge is -2.09. The fourth-order valence-corrected chi connectivity index (χ4v) is 1.54. The molecule has 1 unspecified atom stereocenters. The lowest BCUT2D eigenvalue weighted by Crippen LogP contribution is -2.32. The third kappa shape index (κ3) is 2.68. The molecule has 15 heavy (non-hydrogen) atoms. The average molecular weight is 215 g/mol. The first-order chi connectivity index (χ1) is 7.06. The normalized spacial score (nSPS) is 20.5. The number of ether oxygens (including phenoxy) is 1. The summed E-state index contributed by atoms with van der Waals surface area (Å²) in [5.74, 6) is -1.50. The average Bonchev–Trinajstić information content (AvgIpc) is 2.48. The molecule has 0 spiro atoms. The van der Waals surface area contributed by atoms with Gasteiger partial charge in [-0.05, 0) is 13.3 Å². The van der Waals surface area contributed by atoms with E-state index in [4.69, 9.17) is 9.84 Å². The van der Waals surface area contributed by atoms with Crippen LogP contribution in [0.3, 0.4) is 0 Å². The topological polar surface area (TPSA) is 83.9 Å². The number of amides is 2. The van der Waals surface area contributed by atoms with Crippen molar-refractivity contribution in [3.8, 4) is 0 Å². The third-order valence-electron chi connectivity index (χ3n) is 2.27. The van der Waals surface area contributed by atoms with Crippen molar-refractivity contribution in [1.29, 1.82) is 0 Å². The predicted octanol–water partition coefficient (Wildman–Crippen LogP) is 0.466. The number of carbonyl (C=O) groups is 3. The first kappa shape index (κ1) is 11.5. The molecule has 1 aliphatic rings. The number of nitrogens with zero attached hydrogens (tertiary/aromatic N) is 1.